The van der Waals surface area contributed by atoms with E-state index >= 15 is 0 Å². The summed E-state index contributed by atoms with van der Waals surface area (Å²) in [7, 11) is 0. The molecule has 0 aliphatic carbocycles. The van der Waals surface area contributed by atoms with Gasteiger partial charge in [0.2, 0.25) is 5.91 Å². The normalized spacial score (nSPS) is 11.0. The van der Waals surface area contributed by atoms with Gasteiger partial charge in [-0.3, -0.25) is 9.20 Å². The number of fused-ring (bicyclic) bond motifs is 1. The van der Waals surface area contributed by atoms with Gasteiger partial charge in [-0.15, -0.1) is 11.3 Å². The summed E-state index contributed by atoms with van der Waals surface area (Å²) in [4.78, 5) is 27.7. The number of nitrogens with one attached hydrogen (secondary N) is 2. The van der Waals surface area contributed by atoms with Gasteiger partial charge in [0.25, 0.3) is 0 Å². The Labute approximate surface area is 145 Å². The summed E-state index contributed by atoms with van der Waals surface area (Å²) >= 11 is 7.52. The van der Waals surface area contributed by atoms with E-state index in [0.29, 0.717) is 22.2 Å². The molecule has 0 aliphatic heterocycles. The third-order valence-electron chi connectivity index (χ3n) is 3.07. The van der Waals surface area contributed by atoms with E-state index in [0.717, 1.165) is 4.96 Å². The summed E-state index contributed by atoms with van der Waals surface area (Å²) in [5.74, 6) is -0.313. The lowest BCUT2D eigenvalue weighted by molar-refractivity contribution is -0.111. The van der Waals surface area contributed by atoms with Gasteiger partial charge in [-0.2, -0.15) is 0 Å². The molecule has 122 valence electrons. The Morgan fingerprint density at radius 3 is 2.54 bits per heavy atom. The molecule has 0 radical (unpaired) electrons. The van der Waals surface area contributed by atoms with Crippen molar-refractivity contribution in [1.29, 1.82) is 0 Å². The van der Waals surface area contributed by atoms with Gasteiger partial charge in [0.15, 0.2) is 10.1 Å². The number of carbonyl (C=O) groups is 2. The molecule has 0 unspecified atom stereocenters. The fourth-order valence-corrected chi connectivity index (χ4v) is 3.05. The minimum absolute atomic E-state index is 0.313. The summed E-state index contributed by atoms with van der Waals surface area (Å²) < 4.78 is 1.81. The molecule has 0 saturated heterocycles. The van der Waals surface area contributed by atoms with Gasteiger partial charge in [0.1, 0.15) is 0 Å². The van der Waals surface area contributed by atoms with Gasteiger partial charge in [-0.25, -0.2) is 9.78 Å². The fraction of sp³-hybridized carbons (Fsp3) is 0. The second-order valence-electron chi connectivity index (χ2n) is 4.73. The Hall–Kier alpha value is -2.84. The number of amides is 3. The number of hydrogen-bond acceptors (Lipinski definition) is 4. The molecule has 7 nitrogen and oxygen atoms in total. The number of halogens is 1. The Balaban J connectivity index is 1.68. The van der Waals surface area contributed by atoms with Crippen LogP contribution in [0.15, 0.2) is 41.9 Å². The number of aromatic nitrogens is 2. The van der Waals surface area contributed by atoms with Crippen LogP contribution in [0.2, 0.25) is 5.15 Å². The number of nitrogens with zero attached hydrogens (tertiary/aromatic N) is 2. The van der Waals surface area contributed by atoms with Crippen molar-refractivity contribution in [3.63, 3.8) is 0 Å². The molecule has 0 fully saturated rings. The van der Waals surface area contributed by atoms with E-state index in [1.54, 1.807) is 34.7 Å². The maximum Gasteiger partial charge on any atom is 0.316 e. The number of thiazole rings is 1. The summed E-state index contributed by atoms with van der Waals surface area (Å²) in [6.45, 7) is 0. The molecular weight excluding hydrogens is 350 g/mol. The molecular formula is C15H12ClN5O2S. The lowest BCUT2D eigenvalue weighted by Gasteiger charge is -2.04. The van der Waals surface area contributed by atoms with Gasteiger partial charge in [0.05, 0.1) is 5.69 Å². The molecule has 3 rings (SSSR count). The minimum atomic E-state index is -0.646. The second kappa shape index (κ2) is 6.73. The van der Waals surface area contributed by atoms with Crippen molar-refractivity contribution < 1.29 is 9.59 Å². The average Bonchev–Trinajstić information content (AvgIpc) is 3.07. The highest BCUT2D eigenvalue weighted by Gasteiger charge is 2.08. The monoisotopic (exact) mass is 361 g/mol. The van der Waals surface area contributed by atoms with E-state index in [-0.39, 0.29) is 5.91 Å². The highest BCUT2D eigenvalue weighted by Crippen LogP contribution is 2.22. The first-order chi connectivity index (χ1) is 11.5. The number of benzene rings is 1. The third-order valence-corrected chi connectivity index (χ3v) is 4.10. The molecule has 0 aliphatic rings. The van der Waals surface area contributed by atoms with Gasteiger partial charge >= 0.3 is 6.03 Å². The highest BCUT2D eigenvalue weighted by atomic mass is 35.5. The van der Waals surface area contributed by atoms with Gasteiger partial charge in [-0.05, 0) is 30.3 Å². The smallest absolute Gasteiger partial charge is 0.316 e. The Kier molecular flexibility index (Phi) is 4.50. The number of anilines is 2. The summed E-state index contributed by atoms with van der Waals surface area (Å²) in [5.41, 5.74) is 6.80. The van der Waals surface area contributed by atoms with Gasteiger partial charge < -0.3 is 16.4 Å². The Morgan fingerprint density at radius 1 is 1.21 bits per heavy atom. The van der Waals surface area contributed by atoms with Crippen molar-refractivity contribution in [3.8, 4) is 0 Å². The van der Waals surface area contributed by atoms with Crippen molar-refractivity contribution in [1.82, 2.24) is 9.38 Å². The lowest BCUT2D eigenvalue weighted by Crippen LogP contribution is -2.19. The topological polar surface area (TPSA) is 102 Å². The SMILES string of the molecule is NC(=O)Nc1ccc(NC(=O)/C=C/c2c(Cl)nc3sccn23)cc1. The van der Waals surface area contributed by atoms with E-state index in [2.05, 4.69) is 15.6 Å². The van der Waals surface area contributed by atoms with Crippen LogP contribution in [0, 0.1) is 0 Å². The van der Waals surface area contributed by atoms with Gasteiger partial charge in [0, 0.05) is 29.0 Å². The predicted octanol–water partition coefficient (Wildman–Crippen LogP) is 3.19. The van der Waals surface area contributed by atoms with Crippen molar-refractivity contribution in [2.75, 3.05) is 10.6 Å². The van der Waals surface area contributed by atoms with Crippen LogP contribution in [0.25, 0.3) is 11.0 Å². The standard InChI is InChI=1S/C15H12ClN5O2S/c16-13-11(21-7-8-24-15(21)20-13)5-6-12(22)18-9-1-3-10(4-2-9)19-14(17)23/h1-8H,(H,18,22)(H3,17,19,23)/b6-5+. The van der Waals surface area contributed by atoms with Crippen molar-refractivity contribution >= 4 is 57.3 Å². The van der Waals surface area contributed by atoms with Crippen LogP contribution in [-0.2, 0) is 4.79 Å². The molecule has 24 heavy (non-hydrogen) atoms. The maximum atomic E-state index is 12.0. The summed E-state index contributed by atoms with van der Waals surface area (Å²) in [6.07, 6.45) is 4.82. The maximum absolute atomic E-state index is 12.0. The third kappa shape index (κ3) is 3.55. The second-order valence-corrected chi connectivity index (χ2v) is 5.96. The Bertz CT molecular complexity index is 929. The molecule has 3 aromatic rings. The van der Waals surface area contributed by atoms with E-state index in [4.69, 9.17) is 17.3 Å². The highest BCUT2D eigenvalue weighted by molar-refractivity contribution is 7.15. The van der Waals surface area contributed by atoms with Crippen LogP contribution in [0.5, 0.6) is 0 Å². The predicted molar refractivity (Wildman–Crippen MR) is 95.4 cm³/mol. The van der Waals surface area contributed by atoms with E-state index < -0.39 is 6.03 Å². The summed E-state index contributed by atoms with van der Waals surface area (Å²) in [5, 5.41) is 7.37. The molecule has 0 saturated carbocycles. The van der Waals surface area contributed by atoms with Crippen LogP contribution < -0.4 is 16.4 Å². The lowest BCUT2D eigenvalue weighted by atomic mass is 10.2. The molecule has 0 spiro atoms. The first-order valence-corrected chi connectivity index (χ1v) is 8.05. The number of nitrogens with two attached hydrogens (primary N) is 1. The molecule has 0 bridgehead atoms. The number of carbonyl (C=O) groups excluding carboxylic acids is 2. The zero-order chi connectivity index (χ0) is 17.1. The minimum Gasteiger partial charge on any atom is -0.351 e. The van der Waals surface area contributed by atoms with Gasteiger partial charge in [-0.1, -0.05) is 11.6 Å². The molecule has 1 aromatic carbocycles. The number of rotatable bonds is 4. The number of urea groups is 1. The Morgan fingerprint density at radius 2 is 1.88 bits per heavy atom. The van der Waals surface area contributed by atoms with Crippen molar-refractivity contribution in [3.05, 3.63) is 52.8 Å². The van der Waals surface area contributed by atoms with Crippen LogP contribution in [-0.4, -0.2) is 21.3 Å². The van der Waals surface area contributed by atoms with Crippen molar-refractivity contribution in [2.24, 2.45) is 5.73 Å². The fourth-order valence-electron chi connectivity index (χ4n) is 2.04. The zero-order valence-electron chi connectivity index (χ0n) is 12.2. The molecule has 0 atom stereocenters. The summed E-state index contributed by atoms with van der Waals surface area (Å²) in [6, 6.07) is 5.92. The largest absolute Gasteiger partial charge is 0.351 e. The van der Waals surface area contributed by atoms with E-state index in [1.165, 1.54) is 17.4 Å². The molecule has 4 N–H and O–H groups in total. The van der Waals surface area contributed by atoms with E-state index in [1.807, 2.05) is 11.6 Å². The average molecular weight is 362 g/mol. The number of hydrogen-bond donors (Lipinski definition) is 3. The van der Waals surface area contributed by atoms with Crippen LogP contribution in [0.1, 0.15) is 5.69 Å². The molecule has 3 amide bonds. The van der Waals surface area contributed by atoms with Crippen molar-refractivity contribution in [2.45, 2.75) is 0 Å². The first kappa shape index (κ1) is 16.0. The quantitative estimate of drug-likeness (QED) is 0.622. The van der Waals surface area contributed by atoms with E-state index in [9.17, 15) is 9.59 Å². The zero-order valence-corrected chi connectivity index (χ0v) is 13.8. The molecule has 2 heterocycles. The van der Waals surface area contributed by atoms with Crippen LogP contribution in [0.3, 0.4) is 0 Å². The van der Waals surface area contributed by atoms with Crippen LogP contribution >= 0.6 is 22.9 Å². The number of primary amides is 1. The molecule has 9 heteroatoms. The molecule has 2 aromatic heterocycles. The first-order valence-electron chi connectivity index (χ1n) is 6.79. The number of imidazole rings is 1. The van der Waals surface area contributed by atoms with Crippen LogP contribution in [0.4, 0.5) is 16.2 Å².